The van der Waals surface area contributed by atoms with Crippen LogP contribution in [0.4, 0.5) is 32.3 Å². The van der Waals surface area contributed by atoms with Gasteiger partial charge in [-0.1, -0.05) is 51.1 Å². The van der Waals surface area contributed by atoms with Crippen molar-refractivity contribution in [1.29, 1.82) is 0 Å². The minimum Gasteiger partial charge on any atom is -0.444 e. The summed E-state index contributed by atoms with van der Waals surface area (Å²) in [6.07, 6.45) is 3.31. The van der Waals surface area contributed by atoms with Gasteiger partial charge in [0, 0.05) is 24.5 Å². The van der Waals surface area contributed by atoms with Gasteiger partial charge in [0.2, 0.25) is 11.8 Å². The molecule has 0 aromatic heterocycles. The lowest BCUT2D eigenvalue weighted by Crippen LogP contribution is -2.45. The van der Waals surface area contributed by atoms with E-state index in [0.717, 1.165) is 36.1 Å². The number of nitrogens with two attached hydrogens (primary N) is 1. The molecule has 3 aliphatic heterocycles. The molecule has 12 nitrogen and oxygen atoms in total. The highest BCUT2D eigenvalue weighted by atomic mass is 16.6. The number of nitrogens with zero attached hydrogens (tertiary/aromatic N) is 3. The summed E-state index contributed by atoms with van der Waals surface area (Å²) in [7, 11) is 0. The van der Waals surface area contributed by atoms with E-state index in [2.05, 4.69) is 72.7 Å². The van der Waals surface area contributed by atoms with Gasteiger partial charge in [-0.2, -0.15) is 0 Å². The zero-order valence-corrected chi connectivity index (χ0v) is 35.7. The van der Waals surface area contributed by atoms with E-state index in [1.54, 1.807) is 0 Å². The van der Waals surface area contributed by atoms with Crippen LogP contribution in [0.1, 0.15) is 130 Å². The van der Waals surface area contributed by atoms with Crippen molar-refractivity contribution in [3.05, 3.63) is 83.4 Å². The lowest BCUT2D eigenvalue weighted by atomic mass is 9.87. The highest BCUT2D eigenvalue weighted by Gasteiger charge is 2.40. The number of hydrogen-bond donors (Lipinski definition) is 3. The maximum Gasteiger partial charge on any atom is 0.410 e. The van der Waals surface area contributed by atoms with Gasteiger partial charge in [0.25, 0.3) is 0 Å². The Balaban J connectivity index is 1.23. The number of anilines is 4. The molecule has 0 bridgehead atoms. The van der Waals surface area contributed by atoms with Crippen LogP contribution in [0.5, 0.6) is 0 Å². The lowest BCUT2D eigenvalue weighted by Gasteiger charge is -2.34. The molecule has 6 rings (SSSR count). The molecule has 4 N–H and O–H groups in total. The molecule has 0 radical (unpaired) electrons. The summed E-state index contributed by atoms with van der Waals surface area (Å²) >= 11 is 0. The fourth-order valence-corrected chi connectivity index (χ4v) is 8.24. The van der Waals surface area contributed by atoms with Crippen LogP contribution in [-0.4, -0.2) is 70.2 Å². The fourth-order valence-electron chi connectivity index (χ4n) is 8.24. The molecule has 3 aromatic rings. The Bertz CT molecular complexity index is 1980. The van der Waals surface area contributed by atoms with Gasteiger partial charge in [-0.3, -0.25) is 19.4 Å². The van der Waals surface area contributed by atoms with Gasteiger partial charge in [-0.25, -0.2) is 9.59 Å². The molecule has 312 valence electrons. The monoisotopic (exact) mass is 794 g/mol. The van der Waals surface area contributed by atoms with Gasteiger partial charge in [-0.15, -0.1) is 0 Å². The quantitative estimate of drug-likeness (QED) is 0.201. The molecule has 12 heteroatoms. The molecule has 0 aliphatic carbocycles. The van der Waals surface area contributed by atoms with Crippen LogP contribution in [0.15, 0.2) is 66.7 Å². The van der Waals surface area contributed by atoms with E-state index >= 15 is 0 Å². The van der Waals surface area contributed by atoms with Crippen molar-refractivity contribution >= 4 is 46.8 Å². The summed E-state index contributed by atoms with van der Waals surface area (Å²) in [6, 6.07) is 21.3. The van der Waals surface area contributed by atoms with Crippen molar-refractivity contribution < 1.29 is 28.7 Å². The van der Waals surface area contributed by atoms with Crippen LogP contribution < -0.4 is 21.3 Å². The zero-order chi connectivity index (χ0) is 42.2. The molecule has 4 atom stereocenters. The first-order valence-electron chi connectivity index (χ1n) is 20.7. The second-order valence-corrected chi connectivity index (χ2v) is 18.9. The molecule has 3 aromatic carbocycles. The van der Waals surface area contributed by atoms with Crippen molar-refractivity contribution in [3.8, 4) is 0 Å². The van der Waals surface area contributed by atoms with Crippen LogP contribution >= 0.6 is 0 Å². The summed E-state index contributed by atoms with van der Waals surface area (Å²) < 4.78 is 11.2. The Morgan fingerprint density at radius 2 is 1.10 bits per heavy atom. The Kier molecular flexibility index (Phi) is 12.1. The third-order valence-corrected chi connectivity index (χ3v) is 11.1. The van der Waals surface area contributed by atoms with E-state index in [1.807, 2.05) is 71.9 Å². The van der Waals surface area contributed by atoms with Gasteiger partial charge in [0.1, 0.15) is 23.3 Å². The second kappa shape index (κ2) is 16.5. The van der Waals surface area contributed by atoms with E-state index in [1.165, 1.54) is 15.4 Å². The predicted octanol–water partition coefficient (Wildman–Crippen LogP) is 9.33. The Morgan fingerprint density at radius 3 is 1.60 bits per heavy atom. The minimum atomic E-state index is -0.669. The number of nitrogen functional groups attached to an aromatic ring is 1. The smallest absolute Gasteiger partial charge is 0.410 e. The standard InChI is InChI=1S/C46H62N6O6/c1-44(2,3)31-17-21-33(22-18-31)52-36(29-14-19-32(20-15-29)48-40(53)38-12-10-26-50(38)42(55)57-45(4,5)6)24-25-37(52)30-16-23-34(47)35(28-30)49-41(54)39-13-11-27-51(39)43(56)58-46(7,8)9/h14-23,28,36-39H,10-13,24-27,47H2,1-9H3,(H,48,53)(H,49,54)/t36?,37?,38-,39?/m0/s1. The van der Waals surface area contributed by atoms with Crippen molar-refractivity contribution in [3.63, 3.8) is 0 Å². The van der Waals surface area contributed by atoms with Crippen molar-refractivity contribution in [1.82, 2.24) is 9.80 Å². The first-order valence-corrected chi connectivity index (χ1v) is 20.7. The highest BCUT2D eigenvalue weighted by molar-refractivity contribution is 5.99. The second-order valence-electron chi connectivity index (χ2n) is 18.9. The topological polar surface area (TPSA) is 147 Å². The molecular formula is C46H62N6O6. The molecule has 0 spiro atoms. The summed E-state index contributed by atoms with van der Waals surface area (Å²) in [4.78, 5) is 58.4. The third kappa shape index (κ3) is 9.88. The number of benzene rings is 3. The number of likely N-dealkylation sites (tertiary alicyclic amines) is 2. The van der Waals surface area contributed by atoms with E-state index < -0.39 is 35.5 Å². The van der Waals surface area contributed by atoms with Crippen molar-refractivity contribution in [2.24, 2.45) is 0 Å². The fraction of sp³-hybridized carbons (Fsp3) is 0.522. The minimum absolute atomic E-state index is 0.00646. The van der Waals surface area contributed by atoms with E-state index in [-0.39, 0.29) is 29.3 Å². The van der Waals surface area contributed by atoms with Crippen LogP contribution in [0.25, 0.3) is 0 Å². The number of carbonyl (C=O) groups excluding carboxylic acids is 4. The van der Waals surface area contributed by atoms with Crippen molar-refractivity contribution in [2.75, 3.05) is 34.4 Å². The van der Waals surface area contributed by atoms with Gasteiger partial charge >= 0.3 is 12.2 Å². The first-order chi connectivity index (χ1) is 27.2. The lowest BCUT2D eigenvalue weighted by molar-refractivity contribution is -0.121. The summed E-state index contributed by atoms with van der Waals surface area (Å²) in [6.45, 7) is 18.4. The van der Waals surface area contributed by atoms with E-state index in [9.17, 15) is 19.2 Å². The number of hydrogen-bond acceptors (Lipinski definition) is 8. The number of nitrogens with one attached hydrogen (secondary N) is 2. The van der Waals surface area contributed by atoms with E-state index in [4.69, 9.17) is 15.2 Å². The summed E-state index contributed by atoms with van der Waals surface area (Å²) in [5, 5.41) is 6.09. The summed E-state index contributed by atoms with van der Waals surface area (Å²) in [5.74, 6) is -0.516. The molecule has 3 unspecified atom stereocenters. The highest BCUT2D eigenvalue weighted by Crippen LogP contribution is 2.48. The summed E-state index contributed by atoms with van der Waals surface area (Å²) in [5.41, 5.74) is 11.2. The molecule has 58 heavy (non-hydrogen) atoms. The molecule has 3 saturated heterocycles. The van der Waals surface area contributed by atoms with E-state index in [0.29, 0.717) is 49.4 Å². The van der Waals surface area contributed by atoms with Gasteiger partial charge < -0.3 is 30.7 Å². The average Bonchev–Trinajstić information content (AvgIpc) is 3.92. The Labute approximate surface area is 343 Å². The number of carbonyl (C=O) groups is 4. The van der Waals surface area contributed by atoms with Crippen LogP contribution in [-0.2, 0) is 24.5 Å². The zero-order valence-electron chi connectivity index (χ0n) is 35.7. The molecule has 3 heterocycles. The Hall–Kier alpha value is -5.26. The largest absolute Gasteiger partial charge is 0.444 e. The molecule has 3 aliphatic rings. The van der Waals surface area contributed by atoms with Crippen molar-refractivity contribution in [2.45, 2.75) is 142 Å². The maximum atomic E-state index is 13.7. The Morgan fingerprint density at radius 1 is 0.621 bits per heavy atom. The number of amides is 4. The molecule has 4 amide bonds. The maximum absolute atomic E-state index is 13.7. The van der Waals surface area contributed by atoms with Crippen LogP contribution in [0.3, 0.4) is 0 Å². The molecule has 3 fully saturated rings. The molecular weight excluding hydrogens is 733 g/mol. The van der Waals surface area contributed by atoms with Gasteiger partial charge in [0.05, 0.1) is 23.5 Å². The normalized spacial score (nSPS) is 21.2. The van der Waals surface area contributed by atoms with Gasteiger partial charge in [-0.05, 0) is 139 Å². The third-order valence-electron chi connectivity index (χ3n) is 11.1. The average molecular weight is 795 g/mol. The first kappa shape index (κ1) is 42.3. The van der Waals surface area contributed by atoms with Gasteiger partial charge in [0.15, 0.2) is 0 Å². The van der Waals surface area contributed by atoms with Crippen LogP contribution in [0, 0.1) is 0 Å². The predicted molar refractivity (Wildman–Crippen MR) is 229 cm³/mol. The number of ether oxygens (including phenoxy) is 2. The SMILES string of the molecule is CC(C)(C)OC(=O)N1CCCC1C(=O)Nc1cc(C2CCC(c3ccc(NC(=O)[C@@H]4CCCN4C(=O)OC(C)(C)C)cc3)N2c2ccc(C(C)(C)C)cc2)ccc1N. The number of rotatable bonds is 7. The van der Waals surface area contributed by atoms with Crippen LogP contribution in [0.2, 0.25) is 0 Å². The molecule has 0 saturated carbocycles.